The zero-order valence-electron chi connectivity index (χ0n) is 21.5. The molecule has 4 nitrogen and oxygen atoms in total. The molecule has 1 aliphatic carbocycles. The van der Waals surface area contributed by atoms with Crippen molar-refractivity contribution in [3.63, 3.8) is 0 Å². The van der Waals surface area contributed by atoms with E-state index in [2.05, 4.69) is 65.8 Å². The highest BCUT2D eigenvalue weighted by atomic mass is 32.1. The molecule has 0 spiro atoms. The molecule has 0 unspecified atom stereocenters. The molecule has 6 heteroatoms. The summed E-state index contributed by atoms with van der Waals surface area (Å²) in [6.07, 6.45) is 3.04. The topological polar surface area (TPSA) is 44.8 Å². The number of carbonyl (C=O) groups is 1. The molecule has 0 atom stereocenters. The Labute approximate surface area is 203 Å². The molecule has 1 aliphatic heterocycles. The second kappa shape index (κ2) is 7.96. The summed E-state index contributed by atoms with van der Waals surface area (Å²) in [6, 6.07) is 8.27. The molecule has 0 bridgehead atoms. The fourth-order valence-electron chi connectivity index (χ4n) is 4.44. The second-order valence-electron chi connectivity index (χ2n) is 12.3. The Kier molecular flexibility index (Phi) is 5.91. The Balaban J connectivity index is 1.71. The summed E-state index contributed by atoms with van der Waals surface area (Å²) < 4.78 is 18.3. The molecule has 0 saturated carbocycles. The van der Waals surface area contributed by atoms with E-state index in [0.29, 0.717) is 0 Å². The lowest BCUT2D eigenvalue weighted by molar-refractivity contribution is 0.00578. The van der Waals surface area contributed by atoms with Gasteiger partial charge in [0.05, 0.1) is 16.8 Å². The lowest BCUT2D eigenvalue weighted by atomic mass is 9.75. The highest BCUT2D eigenvalue weighted by Crippen LogP contribution is 2.45. The molecular weight excluding hydrogens is 431 g/mol. The zero-order valence-corrected chi connectivity index (χ0v) is 22.4. The van der Waals surface area contributed by atoms with Crippen molar-refractivity contribution < 1.29 is 18.8 Å². The highest BCUT2D eigenvalue weighted by molar-refractivity contribution is 7.16. The Hall–Kier alpha value is -1.63. The van der Waals surface area contributed by atoms with Crippen LogP contribution < -0.4 is 5.46 Å². The van der Waals surface area contributed by atoms with E-state index < -0.39 is 12.7 Å². The summed E-state index contributed by atoms with van der Waals surface area (Å²) in [5.41, 5.74) is 2.85. The number of fused-ring (bicyclic) bond motifs is 1. The number of ether oxygens (including phenoxy) is 1. The van der Waals surface area contributed by atoms with E-state index >= 15 is 0 Å². The number of hydrogen-bond acceptors (Lipinski definition) is 5. The third-order valence-electron chi connectivity index (χ3n) is 7.08. The molecule has 0 amide bonds. The van der Waals surface area contributed by atoms with Crippen molar-refractivity contribution in [2.24, 2.45) is 5.41 Å². The van der Waals surface area contributed by atoms with E-state index in [1.165, 1.54) is 10.4 Å². The fourth-order valence-corrected chi connectivity index (χ4v) is 5.75. The minimum absolute atomic E-state index is 0.183. The predicted octanol–water partition coefficient (Wildman–Crippen LogP) is 6.18. The second-order valence-corrected chi connectivity index (χ2v) is 13.4. The molecule has 4 rings (SSSR count). The van der Waals surface area contributed by atoms with Gasteiger partial charge in [0.2, 0.25) is 0 Å². The Morgan fingerprint density at radius 1 is 1.00 bits per heavy atom. The van der Waals surface area contributed by atoms with Gasteiger partial charge in [0.1, 0.15) is 5.60 Å². The lowest BCUT2D eigenvalue weighted by Crippen LogP contribution is -2.41. The van der Waals surface area contributed by atoms with Gasteiger partial charge in [-0.2, -0.15) is 0 Å². The number of carbonyl (C=O) groups excluding carboxylic acids is 1. The number of benzene rings is 1. The van der Waals surface area contributed by atoms with Crippen LogP contribution in [-0.4, -0.2) is 29.9 Å². The van der Waals surface area contributed by atoms with Gasteiger partial charge in [-0.15, -0.1) is 11.3 Å². The van der Waals surface area contributed by atoms with E-state index in [4.69, 9.17) is 14.0 Å². The monoisotopic (exact) mass is 468 g/mol. The number of aryl methyl sites for hydroxylation is 1. The van der Waals surface area contributed by atoms with Crippen molar-refractivity contribution in [2.45, 2.75) is 98.4 Å². The zero-order chi connectivity index (χ0) is 24.4. The van der Waals surface area contributed by atoms with Crippen molar-refractivity contribution >= 4 is 29.9 Å². The molecule has 2 aromatic rings. The molecule has 33 heavy (non-hydrogen) atoms. The molecule has 1 fully saturated rings. The SMILES string of the molecule is CC1(C)CCc2sc(-c3ccc(B4OC(C)(C)C(C)(C)O4)cc3)c(C(=O)OC(C)(C)C)c2C1. The van der Waals surface area contributed by atoms with E-state index in [1.807, 2.05) is 20.8 Å². The number of rotatable bonds is 3. The van der Waals surface area contributed by atoms with Crippen LogP contribution in [0.2, 0.25) is 0 Å². The van der Waals surface area contributed by atoms with Crippen molar-refractivity contribution in [1.82, 2.24) is 0 Å². The third-order valence-corrected chi connectivity index (χ3v) is 8.42. The first-order valence-electron chi connectivity index (χ1n) is 11.9. The highest BCUT2D eigenvalue weighted by Gasteiger charge is 2.51. The van der Waals surface area contributed by atoms with Crippen molar-refractivity contribution in [3.8, 4) is 10.4 Å². The summed E-state index contributed by atoms with van der Waals surface area (Å²) in [6.45, 7) is 18.6. The van der Waals surface area contributed by atoms with Crippen molar-refractivity contribution in [1.29, 1.82) is 0 Å². The van der Waals surface area contributed by atoms with Crippen molar-refractivity contribution in [2.75, 3.05) is 0 Å². The van der Waals surface area contributed by atoms with Crippen LogP contribution in [0.1, 0.15) is 89.5 Å². The minimum Gasteiger partial charge on any atom is -0.456 e. The van der Waals surface area contributed by atoms with Gasteiger partial charge in [-0.05, 0) is 89.7 Å². The molecule has 2 heterocycles. The molecule has 0 radical (unpaired) electrons. The number of thiophene rings is 1. The van der Waals surface area contributed by atoms with Gasteiger partial charge in [-0.3, -0.25) is 0 Å². The molecule has 1 aromatic heterocycles. The summed E-state index contributed by atoms with van der Waals surface area (Å²) >= 11 is 1.74. The van der Waals surface area contributed by atoms with Gasteiger partial charge in [0.15, 0.2) is 0 Å². The minimum atomic E-state index is -0.534. The summed E-state index contributed by atoms with van der Waals surface area (Å²) in [7, 11) is -0.397. The molecular formula is C27H37BO4S. The van der Waals surface area contributed by atoms with Gasteiger partial charge in [-0.1, -0.05) is 38.1 Å². The first-order chi connectivity index (χ1) is 15.1. The maximum Gasteiger partial charge on any atom is 0.494 e. The van der Waals surface area contributed by atoms with Crippen LogP contribution in [0.25, 0.3) is 10.4 Å². The number of hydrogen-bond donors (Lipinski definition) is 0. The van der Waals surface area contributed by atoms with Crippen LogP contribution in [0, 0.1) is 5.41 Å². The van der Waals surface area contributed by atoms with Crippen LogP contribution in [0.3, 0.4) is 0 Å². The Bertz CT molecular complexity index is 1040. The molecule has 1 saturated heterocycles. The van der Waals surface area contributed by atoms with E-state index in [9.17, 15) is 4.79 Å². The van der Waals surface area contributed by atoms with Crippen LogP contribution in [-0.2, 0) is 26.9 Å². The molecule has 1 aromatic carbocycles. The average Bonchev–Trinajstić information content (AvgIpc) is 3.13. The maximum atomic E-state index is 13.4. The quantitative estimate of drug-likeness (QED) is 0.398. The van der Waals surface area contributed by atoms with E-state index in [1.54, 1.807) is 11.3 Å². The molecule has 178 valence electrons. The van der Waals surface area contributed by atoms with Crippen LogP contribution in [0.5, 0.6) is 0 Å². The van der Waals surface area contributed by atoms with Crippen LogP contribution in [0.15, 0.2) is 24.3 Å². The van der Waals surface area contributed by atoms with Crippen molar-refractivity contribution in [3.05, 3.63) is 40.3 Å². The van der Waals surface area contributed by atoms with Crippen LogP contribution >= 0.6 is 11.3 Å². The summed E-state index contributed by atoms with van der Waals surface area (Å²) in [5, 5.41) is 0. The summed E-state index contributed by atoms with van der Waals surface area (Å²) in [5.74, 6) is -0.220. The van der Waals surface area contributed by atoms with Gasteiger partial charge in [0.25, 0.3) is 0 Å². The van der Waals surface area contributed by atoms with E-state index in [0.717, 1.165) is 40.7 Å². The smallest absolute Gasteiger partial charge is 0.456 e. The lowest BCUT2D eigenvalue weighted by Gasteiger charge is -2.32. The average molecular weight is 468 g/mol. The largest absolute Gasteiger partial charge is 0.494 e. The Morgan fingerprint density at radius 3 is 2.12 bits per heavy atom. The first kappa shape index (κ1) is 24.5. The first-order valence-corrected chi connectivity index (χ1v) is 12.7. The Morgan fingerprint density at radius 2 is 1.58 bits per heavy atom. The maximum absolute atomic E-state index is 13.4. The van der Waals surface area contributed by atoms with Gasteiger partial charge in [0, 0.05) is 9.75 Å². The fraction of sp³-hybridized carbons (Fsp3) is 0.593. The third kappa shape index (κ3) is 4.80. The van der Waals surface area contributed by atoms with Gasteiger partial charge < -0.3 is 14.0 Å². The summed E-state index contributed by atoms with van der Waals surface area (Å²) in [4.78, 5) is 15.7. The predicted molar refractivity (Wildman–Crippen MR) is 136 cm³/mol. The van der Waals surface area contributed by atoms with E-state index in [-0.39, 0.29) is 22.6 Å². The normalized spacial score (nSPS) is 21.1. The van der Waals surface area contributed by atoms with Gasteiger partial charge in [-0.25, -0.2) is 4.79 Å². The van der Waals surface area contributed by atoms with Crippen LogP contribution in [0.4, 0.5) is 0 Å². The standard InChI is InChI=1S/C27H37BO4S/c1-24(2,3)30-23(29)21-19-16-25(4,5)15-14-20(19)33-22(21)17-10-12-18(13-11-17)28-31-26(6,7)27(8,9)32-28/h10-13H,14-16H2,1-9H3. The molecule has 2 aliphatic rings. The van der Waals surface area contributed by atoms with Gasteiger partial charge >= 0.3 is 13.1 Å². The number of esters is 1. The molecule has 0 N–H and O–H groups in total.